The number of hydrogen-bond acceptors (Lipinski definition) is 4. The Hall–Kier alpha value is -1.06. The van der Waals surface area contributed by atoms with Crippen LogP contribution in [0.2, 0.25) is 0 Å². The van der Waals surface area contributed by atoms with Crippen molar-refractivity contribution >= 4 is 53.3 Å². The molecule has 0 saturated carbocycles. The molecule has 3 N–H and O–H groups in total. The number of nitrogen functional groups attached to an aromatic ring is 1. The summed E-state index contributed by atoms with van der Waals surface area (Å²) in [4.78, 5) is 0.0734. The molecule has 6 nitrogen and oxygen atoms in total. The molecule has 0 amide bonds. The first kappa shape index (κ1) is 14.4. The van der Waals surface area contributed by atoms with Gasteiger partial charge in [0.25, 0.3) is 10.0 Å². The lowest BCUT2D eigenvalue weighted by Gasteiger charge is -2.11. The molecule has 2 rings (SSSR count). The van der Waals surface area contributed by atoms with Crippen LogP contribution in [0.5, 0.6) is 0 Å². The molecule has 9 heteroatoms. The van der Waals surface area contributed by atoms with E-state index in [-0.39, 0.29) is 4.90 Å². The number of sulfonamides is 1. The number of hydrogen-bond donors (Lipinski definition) is 2. The van der Waals surface area contributed by atoms with Gasteiger partial charge in [-0.15, -0.1) is 0 Å². The summed E-state index contributed by atoms with van der Waals surface area (Å²) >= 11 is 6.55. The molecule has 1 aromatic carbocycles. The number of anilines is 2. The number of halogens is 2. The van der Waals surface area contributed by atoms with Crippen molar-refractivity contribution in [3.63, 3.8) is 0 Å². The Labute approximate surface area is 127 Å². The molecule has 1 heterocycles. The van der Waals surface area contributed by atoms with Crippen molar-refractivity contribution in [3.05, 3.63) is 33.5 Å². The van der Waals surface area contributed by atoms with Gasteiger partial charge in [0, 0.05) is 22.2 Å². The van der Waals surface area contributed by atoms with Crippen LogP contribution in [0.3, 0.4) is 0 Å². The largest absolute Gasteiger partial charge is 0.397 e. The standard InChI is InChI=1S/C10H10Br2N4O2S/c1-16-5-7(4-14-16)19(17,18)15-10-8(12)2-6(11)3-9(10)13/h2-5,15H,13H2,1H3. The second-order valence-electron chi connectivity index (χ2n) is 3.81. The average Bonchev–Trinajstić information content (AvgIpc) is 2.71. The van der Waals surface area contributed by atoms with E-state index in [2.05, 4.69) is 41.7 Å². The normalized spacial score (nSPS) is 11.5. The average molecular weight is 410 g/mol. The van der Waals surface area contributed by atoms with Crippen LogP contribution in [-0.4, -0.2) is 18.2 Å². The summed E-state index contributed by atoms with van der Waals surface area (Å²) in [5, 5.41) is 3.83. The molecule has 2 aromatic rings. The Morgan fingerprint density at radius 2 is 2.05 bits per heavy atom. The number of nitrogens with two attached hydrogens (primary N) is 1. The molecule has 0 spiro atoms. The second-order valence-corrected chi connectivity index (χ2v) is 7.26. The van der Waals surface area contributed by atoms with Crippen LogP contribution in [0.25, 0.3) is 0 Å². The third kappa shape index (κ3) is 3.10. The van der Waals surface area contributed by atoms with Gasteiger partial charge >= 0.3 is 0 Å². The quantitative estimate of drug-likeness (QED) is 0.761. The molecule has 102 valence electrons. The first-order valence-corrected chi connectivity index (χ1v) is 8.12. The van der Waals surface area contributed by atoms with Gasteiger partial charge in [-0.1, -0.05) is 15.9 Å². The highest BCUT2D eigenvalue weighted by atomic mass is 79.9. The van der Waals surface area contributed by atoms with Crippen LogP contribution >= 0.6 is 31.9 Å². The highest BCUT2D eigenvalue weighted by molar-refractivity contribution is 9.11. The lowest BCUT2D eigenvalue weighted by atomic mass is 10.3. The minimum atomic E-state index is -3.71. The molecule has 0 bridgehead atoms. The van der Waals surface area contributed by atoms with Gasteiger partial charge in [-0.05, 0) is 28.1 Å². The molecule has 0 atom stereocenters. The molecule has 1 aromatic heterocycles. The molecular weight excluding hydrogens is 400 g/mol. The number of aromatic nitrogens is 2. The first-order chi connectivity index (χ1) is 8.79. The van der Waals surface area contributed by atoms with Crippen LogP contribution in [0.4, 0.5) is 11.4 Å². The molecular formula is C10H10Br2N4O2S. The van der Waals surface area contributed by atoms with Crippen LogP contribution in [-0.2, 0) is 17.1 Å². The molecule has 0 aliphatic carbocycles. The minimum Gasteiger partial charge on any atom is -0.397 e. The number of aryl methyl sites for hydroxylation is 1. The van der Waals surface area contributed by atoms with Gasteiger partial charge in [-0.25, -0.2) is 8.42 Å². The summed E-state index contributed by atoms with van der Waals surface area (Å²) in [7, 11) is -2.07. The van der Waals surface area contributed by atoms with E-state index in [0.717, 1.165) is 4.47 Å². The lowest BCUT2D eigenvalue weighted by molar-refractivity contribution is 0.601. The molecule has 0 radical (unpaired) electrons. The maximum absolute atomic E-state index is 12.2. The van der Waals surface area contributed by atoms with Gasteiger partial charge in [-0.3, -0.25) is 9.40 Å². The minimum absolute atomic E-state index is 0.0734. The summed E-state index contributed by atoms with van der Waals surface area (Å²) in [6.45, 7) is 0. The van der Waals surface area contributed by atoms with Gasteiger partial charge in [0.2, 0.25) is 0 Å². The number of nitrogens with zero attached hydrogens (tertiary/aromatic N) is 2. The zero-order chi connectivity index (χ0) is 14.2. The Balaban J connectivity index is 2.41. The van der Waals surface area contributed by atoms with Crippen LogP contribution in [0, 0.1) is 0 Å². The van der Waals surface area contributed by atoms with E-state index in [1.165, 1.54) is 17.1 Å². The summed E-state index contributed by atoms with van der Waals surface area (Å²) < 4.78 is 29.5. The topological polar surface area (TPSA) is 90.0 Å². The molecule has 0 fully saturated rings. The third-order valence-electron chi connectivity index (χ3n) is 2.31. The van der Waals surface area contributed by atoms with Gasteiger partial charge in [0.05, 0.1) is 17.6 Å². The van der Waals surface area contributed by atoms with Crippen molar-refractivity contribution < 1.29 is 8.42 Å². The summed E-state index contributed by atoms with van der Waals surface area (Å²) in [5.41, 5.74) is 6.42. The Morgan fingerprint density at radius 3 is 2.58 bits per heavy atom. The predicted molar refractivity (Wildman–Crippen MR) is 80.3 cm³/mol. The van der Waals surface area contributed by atoms with E-state index in [1.54, 1.807) is 19.2 Å². The van der Waals surface area contributed by atoms with Crippen LogP contribution in [0.1, 0.15) is 0 Å². The van der Waals surface area contributed by atoms with Crippen molar-refractivity contribution in [1.29, 1.82) is 0 Å². The van der Waals surface area contributed by atoms with Crippen LogP contribution < -0.4 is 10.5 Å². The number of nitrogens with one attached hydrogen (secondary N) is 1. The van der Waals surface area contributed by atoms with Gasteiger partial charge in [-0.2, -0.15) is 5.10 Å². The van der Waals surface area contributed by atoms with E-state index in [4.69, 9.17) is 5.73 Å². The zero-order valence-corrected chi connectivity index (χ0v) is 13.8. The fraction of sp³-hybridized carbons (Fsp3) is 0.100. The van der Waals surface area contributed by atoms with Crippen molar-refractivity contribution in [1.82, 2.24) is 9.78 Å². The first-order valence-electron chi connectivity index (χ1n) is 5.05. The third-order valence-corrected chi connectivity index (χ3v) is 4.70. The highest BCUT2D eigenvalue weighted by Gasteiger charge is 2.19. The maximum Gasteiger partial charge on any atom is 0.265 e. The fourth-order valence-electron chi connectivity index (χ4n) is 1.43. The fourth-order valence-corrected chi connectivity index (χ4v) is 4.01. The van der Waals surface area contributed by atoms with Gasteiger partial charge in [0.15, 0.2) is 0 Å². The summed E-state index contributed by atoms with van der Waals surface area (Å²) in [5.74, 6) is 0. The molecule has 19 heavy (non-hydrogen) atoms. The van der Waals surface area contributed by atoms with Crippen molar-refractivity contribution in [3.8, 4) is 0 Å². The monoisotopic (exact) mass is 408 g/mol. The highest BCUT2D eigenvalue weighted by Crippen LogP contribution is 2.33. The predicted octanol–water partition coefficient (Wildman–Crippen LogP) is 2.33. The van der Waals surface area contributed by atoms with Crippen LogP contribution in [0.15, 0.2) is 38.4 Å². The summed E-state index contributed by atoms with van der Waals surface area (Å²) in [6.07, 6.45) is 2.68. The zero-order valence-electron chi connectivity index (χ0n) is 9.76. The molecule has 0 aliphatic rings. The van der Waals surface area contributed by atoms with Gasteiger partial charge < -0.3 is 5.73 Å². The smallest absolute Gasteiger partial charge is 0.265 e. The molecule has 0 aliphatic heterocycles. The number of rotatable bonds is 3. The Morgan fingerprint density at radius 1 is 1.37 bits per heavy atom. The van der Waals surface area contributed by atoms with Crippen molar-refractivity contribution in [2.45, 2.75) is 4.90 Å². The second kappa shape index (κ2) is 5.14. The van der Waals surface area contributed by atoms with E-state index >= 15 is 0 Å². The van der Waals surface area contributed by atoms with E-state index in [0.29, 0.717) is 15.8 Å². The van der Waals surface area contributed by atoms with Gasteiger partial charge in [0.1, 0.15) is 4.90 Å². The molecule has 0 unspecified atom stereocenters. The van der Waals surface area contributed by atoms with E-state index in [1.807, 2.05) is 0 Å². The SMILES string of the molecule is Cn1cc(S(=O)(=O)Nc2c(N)cc(Br)cc2Br)cn1. The Bertz CT molecular complexity index is 704. The van der Waals surface area contributed by atoms with E-state index < -0.39 is 10.0 Å². The number of benzene rings is 1. The summed E-state index contributed by atoms with van der Waals surface area (Å²) in [6, 6.07) is 3.32. The van der Waals surface area contributed by atoms with Crippen molar-refractivity contribution in [2.75, 3.05) is 10.5 Å². The van der Waals surface area contributed by atoms with E-state index in [9.17, 15) is 8.42 Å². The lowest BCUT2D eigenvalue weighted by Crippen LogP contribution is -2.14. The Kier molecular flexibility index (Phi) is 3.88. The van der Waals surface area contributed by atoms with Crippen molar-refractivity contribution in [2.24, 2.45) is 7.05 Å². The maximum atomic E-state index is 12.2. The molecule has 0 saturated heterocycles.